The number of quaternary nitrogens is 1. The smallest absolute Gasteiger partial charge is 0.343 e. The van der Waals surface area contributed by atoms with Crippen molar-refractivity contribution in [2.24, 2.45) is 0 Å². The molecule has 27 heteroatoms. The average molecular weight is 714 g/mol. The molecule has 0 aromatic rings. The van der Waals surface area contributed by atoms with Crippen LogP contribution in [0.4, 0.5) is 87.8 Å². The summed E-state index contributed by atoms with van der Waals surface area (Å²) in [6, 6.07) is 0. The van der Waals surface area contributed by atoms with Gasteiger partial charge < -0.3 is 9.80 Å². The van der Waals surface area contributed by atoms with E-state index in [-0.39, 0.29) is 11.0 Å². The first-order chi connectivity index (χ1) is 18.2. The van der Waals surface area contributed by atoms with Gasteiger partial charge in [-0.15, -0.1) is 0 Å². The molecule has 6 nitrogen and oxygen atoms in total. The highest BCUT2D eigenvalue weighted by molar-refractivity contribution is 6.24. The lowest BCUT2D eigenvalue weighted by molar-refractivity contribution is -0.869. The van der Waals surface area contributed by atoms with Crippen LogP contribution in [0.3, 0.4) is 0 Å². The molecule has 3 unspecified atom stereocenters. The minimum Gasteiger partial charge on any atom is -0.343 e. The zero-order valence-electron chi connectivity index (χ0n) is 20.4. The molecule has 1 N–H and O–H groups in total. The molecule has 0 rings (SSSR count). The maximum absolute atomic E-state index is 14.3. The van der Waals surface area contributed by atoms with Crippen LogP contribution in [0.1, 0.15) is 0 Å². The highest BCUT2D eigenvalue weighted by Crippen LogP contribution is 2.59. The van der Waals surface area contributed by atoms with Crippen molar-refractivity contribution < 1.29 is 111 Å². The van der Waals surface area contributed by atoms with E-state index in [1.807, 2.05) is 4.74 Å². The van der Waals surface area contributed by atoms with Crippen molar-refractivity contribution in [2.45, 2.75) is 59.8 Å². The number of rotatable bonds is 13. The highest BCUT2D eigenvalue weighted by atomic mass is 35.5. The third-order valence-corrected chi connectivity index (χ3v) is 4.76. The van der Waals surface area contributed by atoms with Gasteiger partial charge in [0.25, 0.3) is 0 Å². The molecule has 0 fully saturated rings. The summed E-state index contributed by atoms with van der Waals surface area (Å²) in [7, 11) is 3.97. The molecule has 0 bridgehead atoms. The van der Waals surface area contributed by atoms with Crippen LogP contribution in [0.15, 0.2) is 0 Å². The Labute approximate surface area is 229 Å². The molecule has 0 heterocycles. The molecule has 0 aromatic heterocycles. The van der Waals surface area contributed by atoms with Gasteiger partial charge in [-0.3, -0.25) is 14.3 Å². The number of amides is 1. The van der Waals surface area contributed by atoms with Gasteiger partial charge in [0.15, 0.2) is 0 Å². The second-order valence-corrected chi connectivity index (χ2v) is 9.42. The van der Waals surface area contributed by atoms with Crippen LogP contribution in [0, 0.1) is 0 Å². The van der Waals surface area contributed by atoms with Crippen molar-refractivity contribution in [1.82, 2.24) is 5.32 Å². The zero-order valence-corrected chi connectivity index (χ0v) is 21.2. The quantitative estimate of drug-likeness (QED) is 0.141. The Morgan fingerprint density at radius 2 is 0.907 bits per heavy atom. The van der Waals surface area contributed by atoms with Crippen LogP contribution < -0.4 is 5.32 Å². The fraction of sp³-hybridized carbons (Fsp3) is 0.938. The first kappa shape index (κ1) is 41.2. The predicted octanol–water partition coefficient (Wildman–Crippen LogP) is 6.15. The number of alkyl halides is 21. The Kier molecular flexibility index (Phi) is 11.0. The van der Waals surface area contributed by atoms with Gasteiger partial charge in [-0.1, -0.05) is 11.6 Å². The Hall–Kier alpha value is -1.80. The van der Waals surface area contributed by atoms with Gasteiger partial charge in [-0.25, -0.2) is 9.13 Å². The molecule has 0 aliphatic heterocycles. The minimum absolute atomic E-state index is 0.186. The fourth-order valence-electron chi connectivity index (χ4n) is 2.09. The summed E-state index contributed by atoms with van der Waals surface area (Å²) in [5.41, 5.74) is 0. The Morgan fingerprint density at radius 3 is 1.21 bits per heavy atom. The number of nitrogens with zero attached hydrogens (tertiary/aromatic N) is 1. The predicted molar refractivity (Wildman–Crippen MR) is 94.5 cm³/mol. The van der Waals surface area contributed by atoms with E-state index in [4.69, 9.17) is 0 Å². The van der Waals surface area contributed by atoms with Gasteiger partial charge in [0.05, 0.1) is 34.2 Å². The maximum atomic E-state index is 14.3. The minimum atomic E-state index is -8.45. The number of ether oxygens (including phenoxy) is 3. The molecule has 0 spiro atoms. The molecule has 0 radical (unpaired) electrons. The number of halogens is 21. The zero-order chi connectivity index (χ0) is 35.3. The van der Waals surface area contributed by atoms with Crippen molar-refractivity contribution in [3.8, 4) is 0 Å². The van der Waals surface area contributed by atoms with Crippen LogP contribution >= 0.6 is 11.6 Å². The van der Waals surface area contributed by atoms with E-state index in [1.54, 1.807) is 0 Å². The highest BCUT2D eigenvalue weighted by Gasteiger charge is 2.87. The summed E-state index contributed by atoms with van der Waals surface area (Å²) in [6.07, 6.45) is -54.2. The van der Waals surface area contributed by atoms with Crippen LogP contribution in [0.2, 0.25) is 0 Å². The lowest BCUT2D eigenvalue weighted by atomic mass is 10.2. The van der Waals surface area contributed by atoms with Gasteiger partial charge in [0, 0.05) is 0 Å². The molecular weight excluding hydrogens is 700 g/mol. The molecule has 0 aromatic carbocycles. The van der Waals surface area contributed by atoms with E-state index in [9.17, 15) is 92.6 Å². The van der Waals surface area contributed by atoms with Gasteiger partial charge in [-0.2, -0.15) is 83.4 Å². The average Bonchev–Trinajstić information content (AvgIpc) is 2.68. The van der Waals surface area contributed by atoms with Crippen molar-refractivity contribution in [2.75, 3.05) is 34.2 Å². The third kappa shape index (κ3) is 8.47. The van der Waals surface area contributed by atoms with E-state index in [2.05, 4.69) is 11.6 Å². The van der Waals surface area contributed by atoms with Crippen molar-refractivity contribution in [1.29, 1.82) is 0 Å². The van der Waals surface area contributed by atoms with E-state index in [0.717, 1.165) is 5.32 Å². The molecule has 258 valence electrons. The van der Waals surface area contributed by atoms with Crippen LogP contribution in [0.25, 0.3) is 0 Å². The van der Waals surface area contributed by atoms with Gasteiger partial charge in [0.1, 0.15) is 0 Å². The number of likely N-dealkylation sites (N-methyl/N-ethyl adjacent to an activating group) is 1. The largest absolute Gasteiger partial charge is 0.458 e. The summed E-state index contributed by atoms with van der Waals surface area (Å²) in [4.78, 5) is 11.3. The summed E-state index contributed by atoms with van der Waals surface area (Å²) < 4.78 is 271. The standard InChI is InChI=1S/C16H13ClF20N2O4/c1-39(2,3)5-4-38-6(40)7(18,19)41-15(34,35)9(21,12(26,27)28)43-16(36,37)10(22,13(29,30)31)42-14(32,33)8(17,20)11(23,24)25/h4-5H2,1-3H3/p+1. The van der Waals surface area contributed by atoms with Crippen molar-refractivity contribution in [3.63, 3.8) is 0 Å². The number of hydrogen-bond donors (Lipinski definition) is 1. The number of nitrogens with one attached hydrogen (secondary N) is 1. The lowest BCUT2D eigenvalue weighted by Crippen LogP contribution is -2.70. The van der Waals surface area contributed by atoms with Crippen molar-refractivity contribution >= 4 is 17.5 Å². The van der Waals surface area contributed by atoms with E-state index in [0.29, 0.717) is 0 Å². The van der Waals surface area contributed by atoms with E-state index in [1.165, 1.54) is 30.6 Å². The monoisotopic (exact) mass is 713 g/mol. The molecule has 0 aliphatic carbocycles. The fourth-order valence-corrected chi connectivity index (χ4v) is 2.13. The topological polar surface area (TPSA) is 56.8 Å². The van der Waals surface area contributed by atoms with Crippen molar-refractivity contribution in [3.05, 3.63) is 0 Å². The molecule has 0 saturated heterocycles. The Morgan fingerprint density at radius 1 is 0.581 bits per heavy atom. The van der Waals surface area contributed by atoms with Gasteiger partial charge >= 0.3 is 65.7 Å². The maximum Gasteiger partial charge on any atom is 0.458 e. The molecule has 1 amide bonds. The van der Waals surface area contributed by atoms with E-state index < -0.39 is 72.3 Å². The number of hydrogen-bond acceptors (Lipinski definition) is 4. The second-order valence-electron chi connectivity index (χ2n) is 8.90. The first-order valence-corrected chi connectivity index (χ1v) is 10.3. The van der Waals surface area contributed by atoms with E-state index >= 15 is 0 Å². The normalized spacial score (nSPS) is 19.3. The van der Waals surface area contributed by atoms with Crippen LogP contribution in [0.5, 0.6) is 0 Å². The molecule has 43 heavy (non-hydrogen) atoms. The molecule has 0 aliphatic rings. The first-order valence-electron chi connectivity index (χ1n) is 9.91. The molecular formula is C16H14ClF20N2O4+. The van der Waals surface area contributed by atoms with Crippen LogP contribution in [-0.4, -0.2) is 104 Å². The van der Waals surface area contributed by atoms with Gasteiger partial charge in [0.2, 0.25) is 0 Å². The summed E-state index contributed by atoms with van der Waals surface area (Å²) in [6.45, 7) is -1.31. The molecule has 0 saturated carbocycles. The SMILES string of the molecule is C[N+](C)(C)CCNC(=O)C(F)(F)OC(F)(F)C(F)(OC(F)(F)C(F)(OC(F)(F)C(F)(Cl)C(F)(F)F)C(F)(F)F)C(F)(F)F. The van der Waals surface area contributed by atoms with Crippen LogP contribution in [-0.2, 0) is 19.0 Å². The number of carbonyl (C=O) groups excluding carboxylic acids is 1. The Balaban J connectivity index is 6.83. The Bertz CT molecular complexity index is 991. The summed E-state index contributed by atoms with van der Waals surface area (Å²) in [5, 5.41) is -6.12. The number of carbonyl (C=O) groups is 1. The summed E-state index contributed by atoms with van der Waals surface area (Å²) >= 11 is 3.55. The molecule has 3 atom stereocenters. The lowest BCUT2D eigenvalue weighted by Gasteiger charge is -2.42. The summed E-state index contributed by atoms with van der Waals surface area (Å²) in [5.74, 6) is -19.8. The van der Waals surface area contributed by atoms with Gasteiger partial charge in [-0.05, 0) is 0 Å². The second kappa shape index (κ2) is 11.5. The third-order valence-electron chi connectivity index (χ3n) is 4.33.